The van der Waals surface area contributed by atoms with Gasteiger partial charge in [0.15, 0.2) is 0 Å². The molecule has 1 amide bonds. The molecule has 0 aliphatic carbocycles. The molecule has 1 aliphatic heterocycles. The lowest BCUT2D eigenvalue weighted by atomic mass is 10.0. The average Bonchev–Trinajstić information content (AvgIpc) is 3.47. The molecule has 1 saturated heterocycles. The van der Waals surface area contributed by atoms with Gasteiger partial charge in [0.25, 0.3) is 11.6 Å². The summed E-state index contributed by atoms with van der Waals surface area (Å²) in [6.07, 6.45) is 0.993. The lowest BCUT2D eigenvalue weighted by Crippen LogP contribution is -2.50. The first-order valence-corrected chi connectivity index (χ1v) is 18.9. The third kappa shape index (κ3) is 10.1. The van der Waals surface area contributed by atoms with Gasteiger partial charge in [-0.15, -0.1) is 0 Å². The summed E-state index contributed by atoms with van der Waals surface area (Å²) in [5, 5.41) is 17.0. The van der Waals surface area contributed by atoms with E-state index in [1.807, 2.05) is 57.2 Å². The maximum Gasteiger partial charge on any atom is 0.421 e. The fourth-order valence-electron chi connectivity index (χ4n) is 5.75. The lowest BCUT2D eigenvalue weighted by molar-refractivity contribution is -0.384. The third-order valence-corrected chi connectivity index (χ3v) is 9.76. The van der Waals surface area contributed by atoms with E-state index in [0.29, 0.717) is 30.1 Å². The molecule has 3 aromatic carbocycles. The second-order valence-electron chi connectivity index (χ2n) is 14.9. The fourth-order valence-corrected chi connectivity index (χ4v) is 6.93. The van der Waals surface area contributed by atoms with E-state index in [1.54, 1.807) is 32.9 Å². The van der Waals surface area contributed by atoms with Crippen LogP contribution in [0.5, 0.6) is 0 Å². The molecule has 5 rings (SSSR count). The van der Waals surface area contributed by atoms with Crippen LogP contribution in [-0.2, 0) is 24.3 Å². The van der Waals surface area contributed by atoms with Crippen molar-refractivity contribution in [1.82, 2.24) is 19.6 Å². The van der Waals surface area contributed by atoms with Crippen LogP contribution in [0.2, 0.25) is 0 Å². The van der Waals surface area contributed by atoms with Crippen molar-refractivity contribution in [2.75, 3.05) is 29.9 Å². The molecule has 3 N–H and O–H groups in total. The minimum Gasteiger partial charge on any atom is -0.459 e. The zero-order valence-electron chi connectivity index (χ0n) is 31.0. The summed E-state index contributed by atoms with van der Waals surface area (Å²) in [5.41, 5.74) is 0.590. The molecule has 0 radical (unpaired) electrons. The van der Waals surface area contributed by atoms with Gasteiger partial charge in [0, 0.05) is 49.1 Å². The van der Waals surface area contributed by atoms with E-state index >= 15 is 0 Å². The van der Waals surface area contributed by atoms with Gasteiger partial charge < -0.3 is 25.0 Å². The Morgan fingerprint density at radius 2 is 1.52 bits per heavy atom. The molecular formula is C37H45N7O9S. The van der Waals surface area contributed by atoms with Crippen LogP contribution in [0.15, 0.2) is 77.7 Å². The van der Waals surface area contributed by atoms with Crippen LogP contribution < -0.4 is 20.3 Å². The minimum absolute atomic E-state index is 0.0417. The minimum atomic E-state index is -4.33. The van der Waals surface area contributed by atoms with Crippen LogP contribution >= 0.6 is 0 Å². The van der Waals surface area contributed by atoms with Crippen molar-refractivity contribution in [3.05, 3.63) is 88.5 Å². The Morgan fingerprint density at radius 1 is 0.907 bits per heavy atom. The van der Waals surface area contributed by atoms with Gasteiger partial charge in [-0.2, -0.15) is 4.72 Å². The number of non-ortho nitro benzene ring substituents is 1. The van der Waals surface area contributed by atoms with Gasteiger partial charge in [-0.1, -0.05) is 12.1 Å². The zero-order chi connectivity index (χ0) is 39.4. The number of imidazole rings is 1. The van der Waals surface area contributed by atoms with Crippen LogP contribution in [0.1, 0.15) is 64.7 Å². The van der Waals surface area contributed by atoms with E-state index in [-0.39, 0.29) is 22.2 Å². The second kappa shape index (κ2) is 15.8. The largest absolute Gasteiger partial charge is 0.459 e. The van der Waals surface area contributed by atoms with E-state index in [2.05, 4.69) is 25.2 Å². The van der Waals surface area contributed by atoms with Gasteiger partial charge in [0.1, 0.15) is 17.2 Å². The molecule has 17 heteroatoms. The number of nitro groups is 1. The van der Waals surface area contributed by atoms with Crippen molar-refractivity contribution in [3.8, 4) is 0 Å². The number of hydrogen-bond acceptors (Lipinski definition) is 12. The SMILES string of the molecule is CC(C)(C)OC(=O)C(CNC(=O)c1ccc(N2CCC(Nc3nc4ccccc4n3C(=O)OC(C)(C)C)CC2)cc1)NS(=O)(=O)c1ccc([N+](=O)[O-])cc1. The summed E-state index contributed by atoms with van der Waals surface area (Å²) in [4.78, 5) is 56.2. The number of anilines is 2. The number of esters is 1. The summed E-state index contributed by atoms with van der Waals surface area (Å²) in [7, 11) is -4.33. The molecule has 288 valence electrons. The van der Waals surface area contributed by atoms with Crippen molar-refractivity contribution < 1.29 is 37.2 Å². The number of piperidine rings is 1. The Labute approximate surface area is 313 Å². The predicted molar refractivity (Wildman–Crippen MR) is 202 cm³/mol. The second-order valence-corrected chi connectivity index (χ2v) is 16.6. The van der Waals surface area contributed by atoms with Crippen molar-refractivity contribution >= 4 is 56.3 Å². The zero-order valence-corrected chi connectivity index (χ0v) is 31.8. The summed E-state index contributed by atoms with van der Waals surface area (Å²) >= 11 is 0. The number of nitrogens with zero attached hydrogens (tertiary/aromatic N) is 4. The standard InChI is InChI=1S/C37H45N7O9S/c1-36(2,3)52-33(46)30(41-54(50,51)28-17-15-27(16-18-28)44(48)49)23-38-32(45)24-11-13-26(14-12-24)42-21-19-25(20-22-42)39-34-40-29-9-7-8-10-31(29)43(34)35(47)53-37(4,5)6/h7-18,25,30,41H,19-23H2,1-6H3,(H,38,45)(H,39,40). The number of benzene rings is 3. The molecule has 4 aromatic rings. The molecule has 16 nitrogen and oxygen atoms in total. The molecule has 2 heterocycles. The number of sulfonamides is 1. The van der Waals surface area contributed by atoms with Gasteiger partial charge in [0.2, 0.25) is 16.0 Å². The highest BCUT2D eigenvalue weighted by molar-refractivity contribution is 7.89. The molecule has 1 unspecified atom stereocenters. The number of para-hydroxylation sites is 2. The Hall–Kier alpha value is -5.55. The predicted octanol–water partition coefficient (Wildman–Crippen LogP) is 5.23. The molecule has 54 heavy (non-hydrogen) atoms. The Morgan fingerprint density at radius 3 is 2.11 bits per heavy atom. The van der Waals surface area contributed by atoms with Crippen LogP contribution in [0.4, 0.5) is 22.1 Å². The number of rotatable bonds is 11. The number of fused-ring (bicyclic) bond motifs is 1. The maximum absolute atomic E-state index is 13.2. The molecule has 0 bridgehead atoms. The van der Waals surface area contributed by atoms with Crippen molar-refractivity contribution in [3.63, 3.8) is 0 Å². The van der Waals surface area contributed by atoms with Crippen LogP contribution in [0.3, 0.4) is 0 Å². The average molecular weight is 764 g/mol. The highest BCUT2D eigenvalue weighted by Crippen LogP contribution is 2.26. The van der Waals surface area contributed by atoms with E-state index in [9.17, 15) is 32.9 Å². The lowest BCUT2D eigenvalue weighted by Gasteiger charge is -2.34. The molecule has 1 aromatic heterocycles. The van der Waals surface area contributed by atoms with Crippen molar-refractivity contribution in [2.24, 2.45) is 0 Å². The molecule has 1 fully saturated rings. The fraction of sp³-hybridized carbons (Fsp3) is 0.405. The Balaban J connectivity index is 1.20. The molecule has 0 spiro atoms. The first kappa shape index (κ1) is 39.7. The van der Waals surface area contributed by atoms with Crippen LogP contribution in [0.25, 0.3) is 11.0 Å². The molecule has 1 atom stereocenters. The van der Waals surface area contributed by atoms with Gasteiger partial charge in [-0.25, -0.2) is 22.8 Å². The van der Waals surface area contributed by atoms with Crippen molar-refractivity contribution in [1.29, 1.82) is 0 Å². The summed E-state index contributed by atoms with van der Waals surface area (Å²) < 4.78 is 41.0. The Bertz CT molecular complexity index is 2110. The van der Waals surface area contributed by atoms with E-state index in [4.69, 9.17) is 9.47 Å². The molecule has 0 saturated carbocycles. The normalized spacial score (nSPS) is 14.7. The van der Waals surface area contributed by atoms with Gasteiger partial charge >= 0.3 is 12.1 Å². The number of carbonyl (C=O) groups excluding carboxylic acids is 3. The van der Waals surface area contributed by atoms with Crippen LogP contribution in [-0.4, -0.2) is 83.8 Å². The highest BCUT2D eigenvalue weighted by Gasteiger charge is 2.31. The van der Waals surface area contributed by atoms with Gasteiger partial charge in [0.05, 0.1) is 20.9 Å². The number of ether oxygens (including phenoxy) is 2. The molecular weight excluding hydrogens is 719 g/mol. The quantitative estimate of drug-likeness (QED) is 0.102. The topological polar surface area (TPSA) is 204 Å². The smallest absolute Gasteiger partial charge is 0.421 e. The highest BCUT2D eigenvalue weighted by atomic mass is 32.2. The van der Waals surface area contributed by atoms with E-state index in [0.717, 1.165) is 42.8 Å². The number of amides is 1. The summed E-state index contributed by atoms with van der Waals surface area (Å²) in [6, 6.07) is 17.0. The third-order valence-electron chi connectivity index (χ3n) is 8.27. The Kier molecular flexibility index (Phi) is 11.6. The van der Waals surface area contributed by atoms with Gasteiger partial charge in [-0.3, -0.25) is 19.7 Å². The first-order valence-electron chi connectivity index (χ1n) is 17.4. The number of nitrogens with one attached hydrogen (secondary N) is 3. The summed E-state index contributed by atoms with van der Waals surface area (Å²) in [5.74, 6) is -1.03. The van der Waals surface area contributed by atoms with E-state index in [1.165, 1.54) is 4.57 Å². The van der Waals surface area contributed by atoms with Crippen LogP contribution in [0, 0.1) is 10.1 Å². The monoisotopic (exact) mass is 763 g/mol. The van der Waals surface area contributed by atoms with Crippen molar-refractivity contribution in [2.45, 2.75) is 82.6 Å². The number of aromatic nitrogens is 2. The number of nitro benzene ring substituents is 1. The first-order chi connectivity index (χ1) is 25.3. The number of carbonyl (C=O) groups is 3. The van der Waals surface area contributed by atoms with E-state index < -0.39 is 56.7 Å². The van der Waals surface area contributed by atoms with Gasteiger partial charge in [-0.05, 0) is 103 Å². The molecule has 1 aliphatic rings. The summed E-state index contributed by atoms with van der Waals surface area (Å²) in [6.45, 7) is 11.3. The maximum atomic E-state index is 13.2. The number of hydrogen-bond donors (Lipinski definition) is 3.